The minimum atomic E-state index is -1.05. The van der Waals surface area contributed by atoms with Crippen molar-refractivity contribution in [3.63, 3.8) is 0 Å². The van der Waals surface area contributed by atoms with Gasteiger partial charge in [0.2, 0.25) is 0 Å². The van der Waals surface area contributed by atoms with Gasteiger partial charge in [-0.1, -0.05) is 36.4 Å². The lowest BCUT2D eigenvalue weighted by molar-refractivity contribution is 0.0699. The molecule has 3 aromatic heterocycles. The topological polar surface area (TPSA) is 80.4 Å². The van der Waals surface area contributed by atoms with Crippen LogP contribution in [0.3, 0.4) is 0 Å². The van der Waals surface area contributed by atoms with Crippen LogP contribution in [0.2, 0.25) is 0 Å². The zero-order valence-corrected chi connectivity index (χ0v) is 13.4. The summed E-state index contributed by atoms with van der Waals surface area (Å²) >= 11 is 0. The van der Waals surface area contributed by atoms with Crippen LogP contribution in [0.5, 0.6) is 0 Å². The van der Waals surface area contributed by atoms with E-state index in [1.807, 2.05) is 43.3 Å². The number of carboxylic acid groups (broad SMARTS) is 1. The van der Waals surface area contributed by atoms with Crippen molar-refractivity contribution in [2.24, 2.45) is 0 Å². The predicted octanol–water partition coefficient (Wildman–Crippen LogP) is 3.46. The highest BCUT2D eigenvalue weighted by molar-refractivity contribution is 6.02. The molecule has 0 aliphatic heterocycles. The van der Waals surface area contributed by atoms with Gasteiger partial charge in [-0.05, 0) is 19.1 Å². The average molecular weight is 330 g/mol. The van der Waals surface area contributed by atoms with E-state index >= 15 is 0 Å². The summed E-state index contributed by atoms with van der Waals surface area (Å²) in [6.07, 6.45) is 3.30. The number of aryl methyl sites for hydroxylation is 1. The summed E-state index contributed by atoms with van der Waals surface area (Å²) in [6.45, 7) is 1.88. The highest BCUT2D eigenvalue weighted by atomic mass is 16.4. The van der Waals surface area contributed by atoms with E-state index in [9.17, 15) is 9.90 Å². The summed E-state index contributed by atoms with van der Waals surface area (Å²) in [4.78, 5) is 20.6. The van der Waals surface area contributed by atoms with Crippen LogP contribution in [0.25, 0.3) is 28.2 Å². The molecule has 0 bridgehead atoms. The number of hydrogen-bond donors (Lipinski definition) is 1. The molecular formula is C19H14N4O2. The van der Waals surface area contributed by atoms with E-state index in [0.29, 0.717) is 17.0 Å². The second kappa shape index (κ2) is 5.83. The van der Waals surface area contributed by atoms with Gasteiger partial charge in [0, 0.05) is 34.8 Å². The molecule has 0 saturated carbocycles. The third-order valence-electron chi connectivity index (χ3n) is 4.01. The Morgan fingerprint density at radius 2 is 1.84 bits per heavy atom. The van der Waals surface area contributed by atoms with Gasteiger partial charge in [0.25, 0.3) is 0 Å². The second-order valence-electron chi connectivity index (χ2n) is 5.66. The Morgan fingerprint density at radius 1 is 1.08 bits per heavy atom. The Balaban J connectivity index is 2.03. The Labute approximate surface area is 143 Å². The van der Waals surface area contributed by atoms with Crippen LogP contribution in [0.1, 0.15) is 16.1 Å². The zero-order chi connectivity index (χ0) is 17.4. The molecule has 122 valence electrons. The maximum atomic E-state index is 12.0. The van der Waals surface area contributed by atoms with E-state index in [2.05, 4.69) is 15.1 Å². The van der Waals surface area contributed by atoms with Gasteiger partial charge < -0.3 is 5.11 Å². The molecule has 4 rings (SSSR count). The predicted molar refractivity (Wildman–Crippen MR) is 93.4 cm³/mol. The molecule has 1 aromatic carbocycles. The molecule has 0 unspecified atom stereocenters. The van der Waals surface area contributed by atoms with Crippen molar-refractivity contribution in [2.75, 3.05) is 0 Å². The molecule has 0 saturated heterocycles. The molecule has 6 nitrogen and oxygen atoms in total. The first-order valence-electron chi connectivity index (χ1n) is 7.74. The first-order valence-corrected chi connectivity index (χ1v) is 7.74. The van der Waals surface area contributed by atoms with Crippen molar-refractivity contribution in [1.29, 1.82) is 0 Å². The van der Waals surface area contributed by atoms with Crippen molar-refractivity contribution in [2.45, 2.75) is 6.92 Å². The highest BCUT2D eigenvalue weighted by Crippen LogP contribution is 2.29. The van der Waals surface area contributed by atoms with E-state index in [1.165, 1.54) is 0 Å². The molecule has 4 aromatic rings. The standard InChI is InChI=1S/C19H14N4O2/c1-12-10-15(14-8-5-9-20-11-14)16(19(24)25)18-21-17(22-23(12)18)13-6-3-2-4-7-13/h2-11H,1H3,(H,24,25). The Morgan fingerprint density at radius 3 is 2.52 bits per heavy atom. The van der Waals surface area contributed by atoms with Crippen LogP contribution in [0, 0.1) is 6.92 Å². The number of aromatic carboxylic acids is 1. The highest BCUT2D eigenvalue weighted by Gasteiger charge is 2.21. The van der Waals surface area contributed by atoms with Crippen LogP contribution in [0.15, 0.2) is 60.9 Å². The lowest BCUT2D eigenvalue weighted by atomic mass is 10.0. The summed E-state index contributed by atoms with van der Waals surface area (Å²) in [5, 5.41) is 14.3. The maximum absolute atomic E-state index is 12.0. The molecule has 0 aliphatic rings. The number of pyridine rings is 2. The number of fused-ring (bicyclic) bond motifs is 1. The van der Waals surface area contributed by atoms with E-state index in [4.69, 9.17) is 0 Å². The Bertz CT molecular complexity index is 1070. The largest absolute Gasteiger partial charge is 0.478 e. The second-order valence-corrected chi connectivity index (χ2v) is 5.66. The molecule has 0 amide bonds. The smallest absolute Gasteiger partial charge is 0.340 e. The van der Waals surface area contributed by atoms with Crippen LogP contribution in [-0.4, -0.2) is 30.7 Å². The van der Waals surface area contributed by atoms with Gasteiger partial charge >= 0.3 is 5.97 Å². The zero-order valence-electron chi connectivity index (χ0n) is 13.4. The van der Waals surface area contributed by atoms with Crippen molar-refractivity contribution >= 4 is 11.6 Å². The molecule has 3 heterocycles. The molecule has 1 N–H and O–H groups in total. The quantitative estimate of drug-likeness (QED) is 0.622. The maximum Gasteiger partial charge on any atom is 0.340 e. The first kappa shape index (κ1) is 15.0. The summed E-state index contributed by atoms with van der Waals surface area (Å²) in [5.41, 5.74) is 3.39. The van der Waals surface area contributed by atoms with Gasteiger partial charge in [-0.2, -0.15) is 0 Å². The molecule has 0 radical (unpaired) electrons. The Kier molecular flexibility index (Phi) is 3.50. The number of hydrogen-bond acceptors (Lipinski definition) is 4. The van der Waals surface area contributed by atoms with Gasteiger partial charge in [0.15, 0.2) is 11.5 Å². The van der Waals surface area contributed by atoms with E-state index in [1.54, 1.807) is 29.0 Å². The van der Waals surface area contributed by atoms with Gasteiger partial charge in [-0.25, -0.2) is 14.3 Å². The van der Waals surface area contributed by atoms with Crippen molar-refractivity contribution < 1.29 is 9.90 Å². The molecule has 25 heavy (non-hydrogen) atoms. The fourth-order valence-electron chi connectivity index (χ4n) is 2.85. The fourth-order valence-corrected chi connectivity index (χ4v) is 2.85. The van der Waals surface area contributed by atoms with Crippen LogP contribution in [-0.2, 0) is 0 Å². The summed E-state index contributed by atoms with van der Waals surface area (Å²) in [7, 11) is 0. The SMILES string of the molecule is Cc1cc(-c2cccnc2)c(C(=O)O)c2nc(-c3ccccc3)nn12. The average Bonchev–Trinajstić information content (AvgIpc) is 3.08. The number of carbonyl (C=O) groups is 1. The van der Waals surface area contributed by atoms with Crippen LogP contribution >= 0.6 is 0 Å². The van der Waals surface area contributed by atoms with Crippen LogP contribution < -0.4 is 0 Å². The van der Waals surface area contributed by atoms with Gasteiger partial charge in [-0.15, -0.1) is 5.10 Å². The first-order chi connectivity index (χ1) is 12.1. The number of carboxylic acids is 1. The molecule has 0 fully saturated rings. The molecule has 0 spiro atoms. The van der Waals surface area contributed by atoms with Crippen LogP contribution in [0.4, 0.5) is 0 Å². The molecular weight excluding hydrogens is 316 g/mol. The minimum absolute atomic E-state index is 0.119. The molecule has 0 aliphatic carbocycles. The third-order valence-corrected chi connectivity index (χ3v) is 4.01. The summed E-state index contributed by atoms with van der Waals surface area (Å²) < 4.78 is 1.58. The third kappa shape index (κ3) is 2.53. The van der Waals surface area contributed by atoms with Gasteiger partial charge in [-0.3, -0.25) is 4.98 Å². The van der Waals surface area contributed by atoms with Crippen molar-refractivity contribution in [1.82, 2.24) is 19.6 Å². The summed E-state index contributed by atoms with van der Waals surface area (Å²) in [5.74, 6) is -0.551. The number of nitrogens with zero attached hydrogens (tertiary/aromatic N) is 4. The summed E-state index contributed by atoms with van der Waals surface area (Å²) in [6, 6.07) is 14.9. The lowest BCUT2D eigenvalue weighted by Crippen LogP contribution is -2.06. The normalized spacial score (nSPS) is 10.9. The lowest BCUT2D eigenvalue weighted by Gasteiger charge is -2.09. The Hall–Kier alpha value is -3.54. The van der Waals surface area contributed by atoms with E-state index in [0.717, 1.165) is 16.8 Å². The number of aromatic nitrogens is 4. The minimum Gasteiger partial charge on any atom is -0.478 e. The fraction of sp³-hybridized carbons (Fsp3) is 0.0526. The molecule has 0 atom stereocenters. The van der Waals surface area contributed by atoms with E-state index in [-0.39, 0.29) is 5.56 Å². The number of benzene rings is 1. The monoisotopic (exact) mass is 330 g/mol. The van der Waals surface area contributed by atoms with Gasteiger partial charge in [0.05, 0.1) is 0 Å². The number of rotatable bonds is 3. The van der Waals surface area contributed by atoms with E-state index < -0.39 is 5.97 Å². The van der Waals surface area contributed by atoms with Crippen molar-refractivity contribution in [3.05, 3.63) is 72.2 Å². The van der Waals surface area contributed by atoms with Crippen molar-refractivity contribution in [3.8, 4) is 22.5 Å². The van der Waals surface area contributed by atoms with Gasteiger partial charge in [0.1, 0.15) is 5.56 Å². The molecule has 6 heteroatoms.